The highest BCUT2D eigenvalue weighted by Crippen LogP contribution is 2.25. The molecule has 3 heterocycles. The molecule has 5 nitrogen and oxygen atoms in total. The zero-order chi connectivity index (χ0) is 19.6. The lowest BCUT2D eigenvalue weighted by Crippen LogP contribution is -2.27. The number of aryl methyl sites for hydroxylation is 1. The van der Waals surface area contributed by atoms with Gasteiger partial charge < -0.3 is 14.9 Å². The quantitative estimate of drug-likeness (QED) is 0.460. The van der Waals surface area contributed by atoms with Gasteiger partial charge in [0.15, 0.2) is 0 Å². The van der Waals surface area contributed by atoms with Crippen molar-refractivity contribution in [1.29, 1.82) is 0 Å². The second-order valence-electron chi connectivity index (χ2n) is 8.08. The van der Waals surface area contributed by atoms with Gasteiger partial charge in [-0.25, -0.2) is 14.4 Å². The lowest BCUT2D eigenvalue weighted by molar-refractivity contribution is 0.341. The highest BCUT2D eigenvalue weighted by atomic mass is 19.1. The first-order chi connectivity index (χ1) is 14.3. The lowest BCUT2D eigenvalue weighted by atomic mass is 9.92. The van der Waals surface area contributed by atoms with E-state index in [-0.39, 0.29) is 5.82 Å². The highest BCUT2D eigenvalue weighted by Gasteiger charge is 2.13. The van der Waals surface area contributed by atoms with Gasteiger partial charge in [-0.2, -0.15) is 0 Å². The molecule has 1 saturated heterocycles. The number of imidazole rings is 2. The Morgan fingerprint density at radius 2 is 1.93 bits per heavy atom. The third-order valence-corrected chi connectivity index (χ3v) is 6.06. The molecule has 4 aromatic rings. The minimum absolute atomic E-state index is 0.270. The molecule has 0 saturated carbocycles. The molecule has 1 aliphatic heterocycles. The van der Waals surface area contributed by atoms with Crippen LogP contribution in [0.2, 0.25) is 0 Å². The van der Waals surface area contributed by atoms with Crippen LogP contribution in [-0.2, 0) is 6.54 Å². The number of aromatic nitrogens is 4. The molecular formula is C23H26FN5. The van der Waals surface area contributed by atoms with Gasteiger partial charge in [0, 0.05) is 18.2 Å². The standard InChI is InChI=1S/C23H26FN5/c24-18-5-7-19-21(14-18)28-23(27-19)17-4-6-20-22(13-17)29(15-26-20)12-2-1-3-16-8-10-25-11-9-16/h4-7,13-16,25H,1-3,8-12H2,(H,27,28). The maximum Gasteiger partial charge on any atom is 0.138 e. The van der Waals surface area contributed by atoms with Gasteiger partial charge in [0.25, 0.3) is 0 Å². The molecule has 0 aliphatic carbocycles. The van der Waals surface area contributed by atoms with E-state index in [9.17, 15) is 4.39 Å². The van der Waals surface area contributed by atoms with E-state index in [0.717, 1.165) is 40.4 Å². The lowest BCUT2D eigenvalue weighted by Gasteiger charge is -2.22. The predicted molar refractivity (Wildman–Crippen MR) is 114 cm³/mol. The van der Waals surface area contributed by atoms with Crippen LogP contribution in [0.5, 0.6) is 0 Å². The van der Waals surface area contributed by atoms with Crippen LogP contribution in [0, 0.1) is 11.7 Å². The maximum absolute atomic E-state index is 13.5. The van der Waals surface area contributed by atoms with Crippen LogP contribution in [0.4, 0.5) is 4.39 Å². The van der Waals surface area contributed by atoms with Gasteiger partial charge in [-0.05, 0) is 68.6 Å². The third-order valence-electron chi connectivity index (χ3n) is 6.06. The zero-order valence-corrected chi connectivity index (χ0v) is 16.5. The number of hydrogen-bond donors (Lipinski definition) is 2. The first-order valence-electron chi connectivity index (χ1n) is 10.6. The molecule has 29 heavy (non-hydrogen) atoms. The summed E-state index contributed by atoms with van der Waals surface area (Å²) in [5.74, 6) is 1.38. The fourth-order valence-corrected chi connectivity index (χ4v) is 4.38. The predicted octanol–water partition coefficient (Wildman–Crippen LogP) is 4.89. The summed E-state index contributed by atoms with van der Waals surface area (Å²) in [4.78, 5) is 12.4. The summed E-state index contributed by atoms with van der Waals surface area (Å²) in [6.07, 6.45) is 8.34. The Hall–Kier alpha value is -2.73. The Labute approximate surface area is 169 Å². The van der Waals surface area contributed by atoms with Crippen molar-refractivity contribution >= 4 is 22.1 Å². The summed E-state index contributed by atoms with van der Waals surface area (Å²) < 4.78 is 15.7. The van der Waals surface area contributed by atoms with Crippen molar-refractivity contribution in [3.05, 3.63) is 48.5 Å². The Kier molecular flexibility index (Phi) is 5.02. The third kappa shape index (κ3) is 3.90. The van der Waals surface area contributed by atoms with E-state index >= 15 is 0 Å². The van der Waals surface area contributed by atoms with Gasteiger partial charge in [0.05, 0.1) is 28.4 Å². The van der Waals surface area contributed by atoms with Crippen molar-refractivity contribution in [2.45, 2.75) is 38.6 Å². The molecular weight excluding hydrogens is 365 g/mol. The Morgan fingerprint density at radius 1 is 1.03 bits per heavy atom. The topological polar surface area (TPSA) is 58.5 Å². The number of unbranched alkanes of at least 4 members (excludes halogenated alkanes) is 1. The number of benzene rings is 2. The van der Waals surface area contributed by atoms with E-state index in [1.165, 1.54) is 57.3 Å². The normalized spacial score (nSPS) is 15.5. The maximum atomic E-state index is 13.5. The minimum atomic E-state index is -0.270. The Balaban J connectivity index is 1.31. The van der Waals surface area contributed by atoms with E-state index in [4.69, 9.17) is 0 Å². The molecule has 6 heteroatoms. The number of hydrogen-bond acceptors (Lipinski definition) is 3. The van der Waals surface area contributed by atoms with Gasteiger partial charge in [-0.3, -0.25) is 0 Å². The summed E-state index contributed by atoms with van der Waals surface area (Å²) >= 11 is 0. The molecule has 0 amide bonds. The molecule has 0 unspecified atom stereocenters. The monoisotopic (exact) mass is 391 g/mol. The number of aromatic amines is 1. The number of nitrogens with one attached hydrogen (secondary N) is 2. The van der Waals surface area contributed by atoms with E-state index in [1.807, 2.05) is 18.5 Å². The number of fused-ring (bicyclic) bond motifs is 2. The first-order valence-corrected chi connectivity index (χ1v) is 10.6. The van der Waals surface area contributed by atoms with Crippen molar-refractivity contribution in [2.75, 3.05) is 13.1 Å². The van der Waals surface area contributed by atoms with Gasteiger partial charge in [0.2, 0.25) is 0 Å². The highest BCUT2D eigenvalue weighted by molar-refractivity contribution is 5.84. The van der Waals surface area contributed by atoms with Gasteiger partial charge in [-0.1, -0.05) is 12.8 Å². The molecule has 2 aromatic carbocycles. The smallest absolute Gasteiger partial charge is 0.138 e. The van der Waals surface area contributed by atoms with Gasteiger partial charge in [0.1, 0.15) is 11.6 Å². The van der Waals surface area contributed by atoms with Crippen LogP contribution < -0.4 is 5.32 Å². The van der Waals surface area contributed by atoms with Crippen LogP contribution in [0.3, 0.4) is 0 Å². The molecule has 150 valence electrons. The van der Waals surface area contributed by atoms with Crippen LogP contribution in [0.1, 0.15) is 32.1 Å². The van der Waals surface area contributed by atoms with Crippen LogP contribution in [0.25, 0.3) is 33.5 Å². The van der Waals surface area contributed by atoms with Crippen LogP contribution >= 0.6 is 0 Å². The number of H-pyrrole nitrogens is 1. The number of halogens is 1. The van der Waals surface area contributed by atoms with Gasteiger partial charge >= 0.3 is 0 Å². The van der Waals surface area contributed by atoms with Gasteiger partial charge in [-0.15, -0.1) is 0 Å². The average molecular weight is 391 g/mol. The van der Waals surface area contributed by atoms with E-state index in [0.29, 0.717) is 5.52 Å². The molecule has 1 aliphatic rings. The molecule has 0 spiro atoms. The SMILES string of the molecule is Fc1ccc2[nH]c(-c3ccc4ncn(CCCCC5CCNCC5)c4c3)nc2c1. The fraction of sp³-hybridized carbons (Fsp3) is 0.391. The van der Waals surface area contributed by atoms with Crippen LogP contribution in [0.15, 0.2) is 42.7 Å². The van der Waals surface area contributed by atoms with E-state index < -0.39 is 0 Å². The molecule has 5 rings (SSSR count). The molecule has 1 fully saturated rings. The van der Waals surface area contributed by atoms with E-state index in [1.54, 1.807) is 6.07 Å². The van der Waals surface area contributed by atoms with E-state index in [2.05, 4.69) is 30.9 Å². The molecule has 2 aromatic heterocycles. The summed E-state index contributed by atoms with van der Waals surface area (Å²) in [5, 5.41) is 3.44. The average Bonchev–Trinajstić information content (AvgIpc) is 3.35. The molecule has 2 N–H and O–H groups in total. The number of rotatable bonds is 6. The number of piperidine rings is 1. The summed E-state index contributed by atoms with van der Waals surface area (Å²) in [5.41, 5.74) is 4.59. The van der Waals surface area contributed by atoms with Crippen molar-refractivity contribution in [1.82, 2.24) is 24.8 Å². The van der Waals surface area contributed by atoms with Crippen molar-refractivity contribution in [3.63, 3.8) is 0 Å². The second-order valence-corrected chi connectivity index (χ2v) is 8.08. The molecule has 0 radical (unpaired) electrons. The zero-order valence-electron chi connectivity index (χ0n) is 16.5. The van der Waals surface area contributed by atoms with Crippen LogP contribution in [-0.4, -0.2) is 32.6 Å². The Bertz CT molecular complexity index is 1120. The fourth-order valence-electron chi connectivity index (χ4n) is 4.38. The summed E-state index contributed by atoms with van der Waals surface area (Å²) in [6.45, 7) is 3.33. The van der Waals surface area contributed by atoms with Crippen molar-refractivity contribution < 1.29 is 4.39 Å². The minimum Gasteiger partial charge on any atom is -0.338 e. The second kappa shape index (κ2) is 7.95. The molecule has 0 atom stereocenters. The summed E-state index contributed by atoms with van der Waals surface area (Å²) in [6, 6.07) is 10.8. The molecule has 0 bridgehead atoms. The summed E-state index contributed by atoms with van der Waals surface area (Å²) in [7, 11) is 0. The Morgan fingerprint density at radius 3 is 2.83 bits per heavy atom. The number of nitrogens with zero attached hydrogens (tertiary/aromatic N) is 3. The van der Waals surface area contributed by atoms with Crippen molar-refractivity contribution in [2.24, 2.45) is 5.92 Å². The largest absolute Gasteiger partial charge is 0.338 e. The first kappa shape index (κ1) is 18.3. The van der Waals surface area contributed by atoms with Crippen molar-refractivity contribution in [3.8, 4) is 11.4 Å².